The highest BCUT2D eigenvalue weighted by atomic mass is 19.3. The second-order valence-corrected chi connectivity index (χ2v) is 2.35. The van der Waals surface area contributed by atoms with Gasteiger partial charge in [0.05, 0.1) is 0 Å². The lowest BCUT2D eigenvalue weighted by atomic mass is 10.1. The van der Waals surface area contributed by atoms with Gasteiger partial charge in [-0.25, -0.2) is 8.78 Å². The van der Waals surface area contributed by atoms with E-state index in [1.807, 2.05) is 0 Å². The molecule has 0 bridgehead atoms. The van der Waals surface area contributed by atoms with Crippen LogP contribution in [-0.2, 0) is 0 Å². The van der Waals surface area contributed by atoms with Gasteiger partial charge in [-0.2, -0.15) is 0 Å². The first-order valence-electron chi connectivity index (χ1n) is 3.19. The van der Waals surface area contributed by atoms with Gasteiger partial charge < -0.3 is 5.11 Å². The van der Waals surface area contributed by atoms with Crippen molar-refractivity contribution in [1.82, 2.24) is 0 Å². The predicted molar refractivity (Wildman–Crippen MR) is 37.8 cm³/mol. The smallest absolute Gasteiger partial charge is 0.263 e. The molecule has 3 heteroatoms. The van der Waals surface area contributed by atoms with Crippen LogP contribution in [0.15, 0.2) is 18.2 Å². The van der Waals surface area contributed by atoms with Crippen LogP contribution in [0.2, 0.25) is 0 Å². The molecular weight excluding hydrogens is 150 g/mol. The van der Waals surface area contributed by atoms with Gasteiger partial charge in [0, 0.05) is 5.56 Å². The van der Waals surface area contributed by atoms with Gasteiger partial charge in [0.15, 0.2) is 0 Å². The van der Waals surface area contributed by atoms with Crippen LogP contribution < -0.4 is 0 Å². The molecule has 0 aliphatic rings. The van der Waals surface area contributed by atoms with Crippen molar-refractivity contribution in [1.29, 1.82) is 0 Å². The number of alkyl halides is 2. The number of benzene rings is 1. The molecule has 0 spiro atoms. The van der Waals surface area contributed by atoms with E-state index in [-0.39, 0.29) is 11.3 Å². The quantitative estimate of drug-likeness (QED) is 0.666. The fraction of sp³-hybridized carbons (Fsp3) is 0.250. The first-order valence-corrected chi connectivity index (χ1v) is 3.19. The summed E-state index contributed by atoms with van der Waals surface area (Å²) in [6.07, 6.45) is -2.46. The van der Waals surface area contributed by atoms with E-state index in [1.54, 1.807) is 6.92 Å². The number of hydrogen-bond acceptors (Lipinski definition) is 1. The molecule has 60 valence electrons. The molecule has 0 heterocycles. The zero-order valence-corrected chi connectivity index (χ0v) is 6.01. The Hall–Kier alpha value is -1.12. The Kier molecular flexibility index (Phi) is 2.08. The van der Waals surface area contributed by atoms with Gasteiger partial charge in [-0.3, -0.25) is 0 Å². The first-order chi connectivity index (χ1) is 5.11. The van der Waals surface area contributed by atoms with Crippen LogP contribution in [0.5, 0.6) is 5.75 Å². The average molecular weight is 158 g/mol. The van der Waals surface area contributed by atoms with Crippen molar-refractivity contribution in [3.8, 4) is 5.75 Å². The van der Waals surface area contributed by atoms with Crippen molar-refractivity contribution in [2.45, 2.75) is 13.3 Å². The fourth-order valence-corrected chi connectivity index (χ4v) is 0.814. The van der Waals surface area contributed by atoms with Crippen molar-refractivity contribution in [2.24, 2.45) is 0 Å². The zero-order valence-electron chi connectivity index (χ0n) is 6.01. The average Bonchev–Trinajstić information content (AvgIpc) is 1.94. The van der Waals surface area contributed by atoms with E-state index >= 15 is 0 Å². The van der Waals surface area contributed by atoms with E-state index in [2.05, 4.69) is 0 Å². The molecule has 0 aliphatic heterocycles. The molecule has 0 saturated carbocycles. The molecule has 1 rings (SSSR count). The highest BCUT2D eigenvalue weighted by Crippen LogP contribution is 2.24. The third-order valence-electron chi connectivity index (χ3n) is 1.47. The van der Waals surface area contributed by atoms with Crippen LogP contribution in [0.1, 0.15) is 17.6 Å². The second-order valence-electron chi connectivity index (χ2n) is 2.35. The Labute approximate surface area is 63.3 Å². The summed E-state index contributed by atoms with van der Waals surface area (Å²) < 4.78 is 24.0. The third kappa shape index (κ3) is 1.67. The van der Waals surface area contributed by atoms with E-state index in [0.717, 1.165) is 0 Å². The number of aromatic hydroxyl groups is 1. The van der Waals surface area contributed by atoms with Crippen molar-refractivity contribution >= 4 is 0 Å². The molecule has 1 N–H and O–H groups in total. The Morgan fingerprint density at radius 2 is 2.00 bits per heavy atom. The molecule has 0 aromatic heterocycles. The van der Waals surface area contributed by atoms with Crippen LogP contribution in [0, 0.1) is 6.92 Å². The Morgan fingerprint density at radius 3 is 2.45 bits per heavy atom. The topological polar surface area (TPSA) is 20.2 Å². The van der Waals surface area contributed by atoms with Gasteiger partial charge in [-0.1, -0.05) is 0 Å². The highest BCUT2D eigenvalue weighted by molar-refractivity contribution is 5.35. The van der Waals surface area contributed by atoms with Crippen LogP contribution in [0.25, 0.3) is 0 Å². The van der Waals surface area contributed by atoms with Crippen molar-refractivity contribution < 1.29 is 13.9 Å². The van der Waals surface area contributed by atoms with Crippen LogP contribution in [-0.4, -0.2) is 5.11 Å². The number of phenolic OH excluding ortho intramolecular Hbond substituents is 1. The molecule has 0 radical (unpaired) electrons. The molecule has 0 atom stereocenters. The summed E-state index contributed by atoms with van der Waals surface area (Å²) >= 11 is 0. The molecule has 1 aromatic rings. The van der Waals surface area contributed by atoms with Crippen molar-refractivity contribution in [2.75, 3.05) is 0 Å². The lowest BCUT2D eigenvalue weighted by Crippen LogP contribution is -1.84. The summed E-state index contributed by atoms with van der Waals surface area (Å²) in [6.45, 7) is 1.58. The molecular formula is C8H8F2O. The molecule has 0 amide bonds. The van der Waals surface area contributed by atoms with Gasteiger partial charge in [0.1, 0.15) is 5.75 Å². The van der Waals surface area contributed by atoms with Crippen LogP contribution in [0.3, 0.4) is 0 Å². The van der Waals surface area contributed by atoms with Crippen molar-refractivity contribution in [3.05, 3.63) is 29.3 Å². The molecule has 0 unspecified atom stereocenters. The number of aryl methyl sites for hydroxylation is 1. The zero-order chi connectivity index (χ0) is 8.43. The molecule has 11 heavy (non-hydrogen) atoms. The minimum Gasteiger partial charge on any atom is -0.508 e. The molecule has 0 fully saturated rings. The lowest BCUT2D eigenvalue weighted by Gasteiger charge is -2.01. The number of phenols is 1. The number of halogens is 2. The summed E-state index contributed by atoms with van der Waals surface area (Å²) in [4.78, 5) is 0. The van der Waals surface area contributed by atoms with E-state index in [1.165, 1.54) is 18.2 Å². The predicted octanol–water partition coefficient (Wildman–Crippen LogP) is 2.64. The minimum atomic E-state index is -2.46. The summed E-state index contributed by atoms with van der Waals surface area (Å²) in [7, 11) is 0. The maximum Gasteiger partial charge on any atom is 0.263 e. The summed E-state index contributed by atoms with van der Waals surface area (Å²) in [5.74, 6) is 0.0504. The minimum absolute atomic E-state index is 0.0504. The van der Waals surface area contributed by atoms with Gasteiger partial charge in [0.25, 0.3) is 6.43 Å². The number of rotatable bonds is 1. The molecule has 0 saturated heterocycles. The van der Waals surface area contributed by atoms with Gasteiger partial charge in [-0.05, 0) is 30.7 Å². The molecule has 0 aliphatic carbocycles. The van der Waals surface area contributed by atoms with Gasteiger partial charge >= 0.3 is 0 Å². The maximum atomic E-state index is 12.0. The SMILES string of the molecule is Cc1cc(C(F)F)ccc1O. The standard InChI is InChI=1S/C8H8F2O/c1-5-4-6(8(9)10)2-3-7(5)11/h2-4,8,11H,1H3. The van der Waals surface area contributed by atoms with Crippen LogP contribution >= 0.6 is 0 Å². The third-order valence-corrected chi connectivity index (χ3v) is 1.47. The monoisotopic (exact) mass is 158 g/mol. The summed E-state index contributed by atoms with van der Waals surface area (Å²) in [5.41, 5.74) is 0.420. The van der Waals surface area contributed by atoms with E-state index < -0.39 is 6.43 Å². The van der Waals surface area contributed by atoms with E-state index in [9.17, 15) is 8.78 Å². The molecule has 1 nitrogen and oxygen atoms in total. The Morgan fingerprint density at radius 1 is 1.36 bits per heavy atom. The lowest BCUT2D eigenvalue weighted by molar-refractivity contribution is 0.151. The highest BCUT2D eigenvalue weighted by Gasteiger charge is 2.07. The van der Waals surface area contributed by atoms with E-state index in [4.69, 9.17) is 5.11 Å². The Bertz CT molecular complexity index is 258. The van der Waals surface area contributed by atoms with Crippen LogP contribution in [0.4, 0.5) is 8.78 Å². The maximum absolute atomic E-state index is 12.0. The second kappa shape index (κ2) is 2.86. The summed E-state index contributed by atoms with van der Waals surface area (Å²) in [5, 5.41) is 8.98. The van der Waals surface area contributed by atoms with Crippen molar-refractivity contribution in [3.63, 3.8) is 0 Å². The normalized spacial score (nSPS) is 10.5. The number of hydrogen-bond donors (Lipinski definition) is 1. The first kappa shape index (κ1) is 7.98. The summed E-state index contributed by atoms with van der Waals surface area (Å²) in [6, 6.07) is 3.77. The largest absolute Gasteiger partial charge is 0.508 e. The van der Waals surface area contributed by atoms with Gasteiger partial charge in [-0.15, -0.1) is 0 Å². The molecule has 1 aromatic carbocycles. The fourth-order valence-electron chi connectivity index (χ4n) is 0.814. The van der Waals surface area contributed by atoms with E-state index in [0.29, 0.717) is 5.56 Å². The van der Waals surface area contributed by atoms with Gasteiger partial charge in [0.2, 0.25) is 0 Å². The Balaban J connectivity index is 3.05.